The molecule has 1 aromatic carbocycles. The summed E-state index contributed by atoms with van der Waals surface area (Å²) in [5, 5.41) is 12.1. The molecule has 0 saturated carbocycles. The summed E-state index contributed by atoms with van der Waals surface area (Å²) in [5.74, 6) is -0.335. The van der Waals surface area contributed by atoms with Crippen LogP contribution in [0, 0.1) is 0 Å². The summed E-state index contributed by atoms with van der Waals surface area (Å²) in [5.41, 5.74) is 0.559. The molecule has 0 aliphatic carbocycles. The summed E-state index contributed by atoms with van der Waals surface area (Å²) < 4.78 is 2.02. The van der Waals surface area contributed by atoms with Crippen LogP contribution < -0.4 is 10.9 Å². The number of carbonyl (C=O) groups is 1. The number of halogens is 1. The minimum Gasteiger partial charge on any atom is -0.394 e. The van der Waals surface area contributed by atoms with Crippen LogP contribution in [0.1, 0.15) is 11.6 Å². The van der Waals surface area contributed by atoms with E-state index in [2.05, 4.69) is 21.2 Å². The van der Waals surface area contributed by atoms with Crippen LogP contribution in [0.25, 0.3) is 0 Å². The third kappa shape index (κ3) is 4.27. The van der Waals surface area contributed by atoms with Gasteiger partial charge in [-0.05, 0) is 27.6 Å². The van der Waals surface area contributed by atoms with E-state index in [-0.39, 0.29) is 24.6 Å². The number of nitrogens with one attached hydrogen (secondary N) is 1. The van der Waals surface area contributed by atoms with E-state index in [4.69, 9.17) is 0 Å². The Morgan fingerprint density at radius 1 is 1.24 bits per heavy atom. The minimum atomic E-state index is -0.485. The van der Waals surface area contributed by atoms with E-state index in [1.165, 1.54) is 10.6 Å². The molecule has 0 radical (unpaired) electrons. The molecule has 5 nitrogen and oxygen atoms in total. The Morgan fingerprint density at radius 2 is 1.95 bits per heavy atom. The fraction of sp³-hybridized carbons (Fsp3) is 0.200. The zero-order chi connectivity index (χ0) is 15.2. The van der Waals surface area contributed by atoms with Crippen molar-refractivity contribution in [2.24, 2.45) is 0 Å². The first-order valence-electron chi connectivity index (χ1n) is 6.41. The fourth-order valence-electron chi connectivity index (χ4n) is 1.94. The molecule has 0 aliphatic heterocycles. The van der Waals surface area contributed by atoms with Crippen molar-refractivity contribution < 1.29 is 9.90 Å². The number of amides is 1. The first-order valence-corrected chi connectivity index (χ1v) is 7.20. The molecule has 1 amide bonds. The third-order valence-electron chi connectivity index (χ3n) is 2.98. The molecule has 0 bridgehead atoms. The van der Waals surface area contributed by atoms with Gasteiger partial charge in [-0.25, -0.2) is 0 Å². The zero-order valence-electron chi connectivity index (χ0n) is 11.2. The van der Waals surface area contributed by atoms with Crippen LogP contribution in [0.5, 0.6) is 0 Å². The Bertz CT molecular complexity index is 670. The van der Waals surface area contributed by atoms with E-state index in [1.54, 1.807) is 12.3 Å². The lowest BCUT2D eigenvalue weighted by molar-refractivity contribution is -0.122. The van der Waals surface area contributed by atoms with Crippen LogP contribution in [0.3, 0.4) is 0 Å². The van der Waals surface area contributed by atoms with E-state index in [1.807, 2.05) is 30.3 Å². The Balaban J connectivity index is 2.07. The van der Waals surface area contributed by atoms with Gasteiger partial charge in [-0.15, -0.1) is 0 Å². The van der Waals surface area contributed by atoms with Crippen molar-refractivity contribution in [3.05, 3.63) is 69.1 Å². The van der Waals surface area contributed by atoms with Gasteiger partial charge in [-0.1, -0.05) is 30.3 Å². The molecule has 6 heteroatoms. The molecule has 1 atom stereocenters. The summed E-state index contributed by atoms with van der Waals surface area (Å²) >= 11 is 3.26. The minimum absolute atomic E-state index is 0.0956. The average Bonchev–Trinajstić information content (AvgIpc) is 2.49. The number of aromatic nitrogens is 1. The van der Waals surface area contributed by atoms with Crippen LogP contribution in [0.15, 0.2) is 57.9 Å². The second kappa shape index (κ2) is 7.19. The van der Waals surface area contributed by atoms with Gasteiger partial charge in [0, 0.05) is 16.7 Å². The normalized spacial score (nSPS) is 11.9. The number of aliphatic hydroxyl groups is 1. The SMILES string of the molecule is O=C(Cn1cc(Br)ccc1=O)N[C@@H](CO)c1ccccc1. The van der Waals surface area contributed by atoms with E-state index in [0.29, 0.717) is 0 Å². The Labute approximate surface area is 130 Å². The number of aliphatic hydroxyl groups excluding tert-OH is 1. The van der Waals surface area contributed by atoms with Gasteiger partial charge in [0.15, 0.2) is 0 Å². The number of carbonyl (C=O) groups excluding carboxylic acids is 1. The maximum atomic E-state index is 12.0. The van der Waals surface area contributed by atoms with Crippen molar-refractivity contribution in [1.29, 1.82) is 0 Å². The number of hydrogen-bond acceptors (Lipinski definition) is 3. The van der Waals surface area contributed by atoms with Crippen LogP contribution in [-0.2, 0) is 11.3 Å². The van der Waals surface area contributed by atoms with Gasteiger partial charge in [-0.3, -0.25) is 9.59 Å². The van der Waals surface area contributed by atoms with Gasteiger partial charge in [-0.2, -0.15) is 0 Å². The van der Waals surface area contributed by atoms with Crippen LogP contribution in [-0.4, -0.2) is 22.2 Å². The van der Waals surface area contributed by atoms with Crippen molar-refractivity contribution in [2.45, 2.75) is 12.6 Å². The van der Waals surface area contributed by atoms with Crippen molar-refractivity contribution in [1.82, 2.24) is 9.88 Å². The molecule has 2 rings (SSSR count). The molecule has 2 N–H and O–H groups in total. The van der Waals surface area contributed by atoms with Gasteiger partial charge in [0.1, 0.15) is 6.54 Å². The summed E-state index contributed by atoms with van der Waals surface area (Å²) in [4.78, 5) is 23.7. The summed E-state index contributed by atoms with van der Waals surface area (Å²) in [7, 11) is 0. The second-order valence-corrected chi connectivity index (χ2v) is 5.44. The van der Waals surface area contributed by atoms with Gasteiger partial charge in [0.2, 0.25) is 5.91 Å². The standard InChI is InChI=1S/C15H15BrN2O3/c16-12-6-7-15(21)18(8-12)9-14(20)17-13(10-19)11-4-2-1-3-5-11/h1-8,13,19H,9-10H2,(H,17,20)/t13-/m0/s1. The monoisotopic (exact) mass is 350 g/mol. The Kier molecular flexibility index (Phi) is 5.30. The Morgan fingerprint density at radius 3 is 2.62 bits per heavy atom. The topological polar surface area (TPSA) is 71.3 Å². The average molecular weight is 351 g/mol. The molecule has 110 valence electrons. The van der Waals surface area contributed by atoms with Gasteiger partial charge in [0.05, 0.1) is 12.6 Å². The lowest BCUT2D eigenvalue weighted by Gasteiger charge is -2.17. The molecule has 1 aromatic heterocycles. The van der Waals surface area contributed by atoms with Crippen molar-refractivity contribution in [2.75, 3.05) is 6.61 Å². The van der Waals surface area contributed by atoms with Crippen LogP contribution >= 0.6 is 15.9 Å². The zero-order valence-corrected chi connectivity index (χ0v) is 12.8. The molecular weight excluding hydrogens is 336 g/mol. The molecule has 2 aromatic rings. The number of rotatable bonds is 5. The number of benzene rings is 1. The number of nitrogens with zero attached hydrogens (tertiary/aromatic N) is 1. The molecule has 0 aliphatic rings. The maximum absolute atomic E-state index is 12.0. The molecule has 0 unspecified atom stereocenters. The van der Waals surface area contributed by atoms with E-state index in [0.717, 1.165) is 10.0 Å². The van der Waals surface area contributed by atoms with Gasteiger partial charge < -0.3 is 15.0 Å². The lowest BCUT2D eigenvalue weighted by Crippen LogP contribution is -2.35. The molecular formula is C15H15BrN2O3. The van der Waals surface area contributed by atoms with Crippen LogP contribution in [0.4, 0.5) is 0 Å². The number of hydrogen-bond donors (Lipinski definition) is 2. The highest BCUT2D eigenvalue weighted by Gasteiger charge is 2.14. The van der Waals surface area contributed by atoms with Crippen LogP contribution in [0.2, 0.25) is 0 Å². The first-order chi connectivity index (χ1) is 10.1. The van der Waals surface area contributed by atoms with Crippen molar-refractivity contribution >= 4 is 21.8 Å². The maximum Gasteiger partial charge on any atom is 0.251 e. The summed E-state index contributed by atoms with van der Waals surface area (Å²) in [6.07, 6.45) is 1.55. The molecule has 0 spiro atoms. The highest BCUT2D eigenvalue weighted by molar-refractivity contribution is 9.10. The second-order valence-electron chi connectivity index (χ2n) is 4.53. The van der Waals surface area contributed by atoms with Crippen molar-refractivity contribution in [3.8, 4) is 0 Å². The van der Waals surface area contributed by atoms with Gasteiger partial charge in [0.25, 0.3) is 5.56 Å². The lowest BCUT2D eigenvalue weighted by atomic mass is 10.1. The van der Waals surface area contributed by atoms with E-state index in [9.17, 15) is 14.7 Å². The molecule has 1 heterocycles. The van der Waals surface area contributed by atoms with E-state index >= 15 is 0 Å². The highest BCUT2D eigenvalue weighted by atomic mass is 79.9. The predicted octanol–water partition coefficient (Wildman–Crippen LogP) is 1.46. The van der Waals surface area contributed by atoms with Gasteiger partial charge >= 0.3 is 0 Å². The molecule has 0 saturated heterocycles. The quantitative estimate of drug-likeness (QED) is 0.857. The highest BCUT2D eigenvalue weighted by Crippen LogP contribution is 2.11. The predicted molar refractivity (Wildman–Crippen MR) is 82.8 cm³/mol. The van der Waals surface area contributed by atoms with Crippen molar-refractivity contribution in [3.63, 3.8) is 0 Å². The fourth-order valence-corrected chi connectivity index (χ4v) is 2.32. The molecule has 21 heavy (non-hydrogen) atoms. The summed E-state index contributed by atoms with van der Waals surface area (Å²) in [6.45, 7) is -0.301. The third-order valence-corrected chi connectivity index (χ3v) is 3.45. The largest absolute Gasteiger partial charge is 0.394 e. The summed E-state index contributed by atoms with van der Waals surface area (Å²) in [6, 6.07) is 11.7. The first kappa shape index (κ1) is 15.5. The Hall–Kier alpha value is -1.92. The van der Waals surface area contributed by atoms with E-state index < -0.39 is 6.04 Å². The smallest absolute Gasteiger partial charge is 0.251 e. The number of pyridine rings is 1. The molecule has 0 fully saturated rings.